The number of rotatable bonds is 3. The molecular formula is C9H10BrNO2. The van der Waals surface area contributed by atoms with Crippen molar-refractivity contribution in [3.8, 4) is 0 Å². The van der Waals surface area contributed by atoms with Crippen molar-refractivity contribution in [2.75, 3.05) is 19.5 Å². The minimum absolute atomic E-state index is 0.0715. The van der Waals surface area contributed by atoms with Crippen LogP contribution in [0.15, 0.2) is 22.7 Å². The molecule has 3 nitrogen and oxygen atoms in total. The number of carbonyl (C=O) groups excluding carboxylic acids is 1. The van der Waals surface area contributed by atoms with Gasteiger partial charge in [0.25, 0.3) is 0 Å². The zero-order valence-corrected chi connectivity index (χ0v) is 8.80. The molecule has 2 N–H and O–H groups in total. The number of carbonyl (C=O) groups is 1. The number of hydrogen-bond acceptors (Lipinski definition) is 3. The standard InChI is InChI=1S/C9H10BrNO2/c1-13-5-9(12)7-4-6(11)2-3-8(7)10/h2-4H,5,11H2,1H3. The van der Waals surface area contributed by atoms with Gasteiger partial charge in [0.15, 0.2) is 5.78 Å². The maximum absolute atomic E-state index is 11.4. The van der Waals surface area contributed by atoms with Crippen molar-refractivity contribution >= 4 is 27.4 Å². The molecule has 70 valence electrons. The smallest absolute Gasteiger partial charge is 0.189 e. The molecule has 0 aliphatic rings. The highest BCUT2D eigenvalue weighted by Crippen LogP contribution is 2.19. The zero-order valence-electron chi connectivity index (χ0n) is 7.21. The summed E-state index contributed by atoms with van der Waals surface area (Å²) >= 11 is 3.27. The largest absolute Gasteiger partial charge is 0.399 e. The summed E-state index contributed by atoms with van der Waals surface area (Å²) in [7, 11) is 1.48. The van der Waals surface area contributed by atoms with Crippen molar-refractivity contribution in [2.24, 2.45) is 0 Å². The van der Waals surface area contributed by atoms with Gasteiger partial charge in [0.1, 0.15) is 6.61 Å². The van der Waals surface area contributed by atoms with E-state index in [0.717, 1.165) is 4.47 Å². The van der Waals surface area contributed by atoms with Crippen molar-refractivity contribution in [1.29, 1.82) is 0 Å². The summed E-state index contributed by atoms with van der Waals surface area (Å²) in [6.07, 6.45) is 0. The van der Waals surface area contributed by atoms with Crippen LogP contribution < -0.4 is 5.73 Å². The average Bonchev–Trinajstić information content (AvgIpc) is 2.09. The third-order valence-corrected chi connectivity index (χ3v) is 2.26. The first-order chi connectivity index (χ1) is 6.15. The van der Waals surface area contributed by atoms with E-state index >= 15 is 0 Å². The van der Waals surface area contributed by atoms with E-state index in [2.05, 4.69) is 15.9 Å². The topological polar surface area (TPSA) is 52.3 Å². The van der Waals surface area contributed by atoms with Gasteiger partial charge in [0.05, 0.1) is 0 Å². The number of ketones is 1. The third-order valence-electron chi connectivity index (χ3n) is 1.57. The lowest BCUT2D eigenvalue weighted by atomic mass is 10.1. The molecule has 0 fully saturated rings. The Morgan fingerprint density at radius 1 is 1.62 bits per heavy atom. The molecule has 1 rings (SSSR count). The fraction of sp³-hybridized carbons (Fsp3) is 0.222. The number of Topliss-reactive ketones (excluding diaryl/α,β-unsaturated/α-hetero) is 1. The Kier molecular flexibility index (Phi) is 3.45. The summed E-state index contributed by atoms with van der Waals surface area (Å²) in [5, 5.41) is 0. The molecule has 0 heterocycles. The van der Waals surface area contributed by atoms with Crippen molar-refractivity contribution in [3.63, 3.8) is 0 Å². The molecule has 0 aliphatic heterocycles. The number of benzene rings is 1. The number of hydrogen-bond donors (Lipinski definition) is 1. The second-order valence-corrected chi connectivity index (χ2v) is 3.45. The molecule has 1 aromatic rings. The number of ether oxygens (including phenoxy) is 1. The van der Waals surface area contributed by atoms with E-state index < -0.39 is 0 Å². The maximum Gasteiger partial charge on any atom is 0.189 e. The van der Waals surface area contributed by atoms with Crippen LogP contribution in [0.1, 0.15) is 10.4 Å². The molecule has 0 spiro atoms. The number of anilines is 1. The van der Waals surface area contributed by atoms with E-state index in [4.69, 9.17) is 10.5 Å². The van der Waals surface area contributed by atoms with Crippen LogP contribution >= 0.6 is 15.9 Å². The maximum atomic E-state index is 11.4. The molecule has 0 aliphatic carbocycles. The lowest BCUT2D eigenvalue weighted by Crippen LogP contribution is -2.08. The van der Waals surface area contributed by atoms with E-state index in [1.165, 1.54) is 7.11 Å². The Morgan fingerprint density at radius 2 is 2.31 bits per heavy atom. The van der Waals surface area contributed by atoms with Gasteiger partial charge in [0.2, 0.25) is 0 Å². The van der Waals surface area contributed by atoms with Crippen LogP contribution in [0.25, 0.3) is 0 Å². The fourth-order valence-corrected chi connectivity index (χ4v) is 1.43. The first kappa shape index (κ1) is 10.2. The Bertz CT molecular complexity index is 325. The quantitative estimate of drug-likeness (QED) is 0.652. The van der Waals surface area contributed by atoms with Gasteiger partial charge in [-0.05, 0) is 18.2 Å². The summed E-state index contributed by atoms with van der Waals surface area (Å²) in [6.45, 7) is 0.0715. The van der Waals surface area contributed by atoms with Crippen molar-refractivity contribution in [1.82, 2.24) is 0 Å². The Hall–Kier alpha value is -0.870. The zero-order chi connectivity index (χ0) is 9.84. The van der Waals surface area contributed by atoms with Gasteiger partial charge < -0.3 is 10.5 Å². The Morgan fingerprint density at radius 3 is 2.92 bits per heavy atom. The number of nitrogens with two attached hydrogens (primary N) is 1. The molecule has 1 aromatic carbocycles. The van der Waals surface area contributed by atoms with Crippen molar-refractivity contribution in [3.05, 3.63) is 28.2 Å². The molecule has 4 heteroatoms. The van der Waals surface area contributed by atoms with Crippen LogP contribution in [0.3, 0.4) is 0 Å². The van der Waals surface area contributed by atoms with E-state index in [9.17, 15) is 4.79 Å². The SMILES string of the molecule is COCC(=O)c1cc(N)ccc1Br. The van der Waals surface area contributed by atoms with Gasteiger partial charge in [0, 0.05) is 22.8 Å². The first-order valence-electron chi connectivity index (χ1n) is 3.72. The van der Waals surface area contributed by atoms with Crippen molar-refractivity contribution < 1.29 is 9.53 Å². The summed E-state index contributed by atoms with van der Waals surface area (Å²) < 4.78 is 5.48. The number of methoxy groups -OCH3 is 1. The Balaban J connectivity index is 2.99. The van der Waals surface area contributed by atoms with Gasteiger partial charge in [-0.2, -0.15) is 0 Å². The molecule has 0 amide bonds. The number of halogens is 1. The van der Waals surface area contributed by atoms with Gasteiger partial charge in [-0.25, -0.2) is 0 Å². The molecule has 0 unspecified atom stereocenters. The lowest BCUT2D eigenvalue weighted by Gasteiger charge is -2.03. The minimum atomic E-state index is -0.0818. The molecule has 0 saturated heterocycles. The van der Waals surface area contributed by atoms with E-state index in [-0.39, 0.29) is 12.4 Å². The van der Waals surface area contributed by atoms with Crippen LogP contribution in [0.4, 0.5) is 5.69 Å². The molecule has 0 saturated carbocycles. The molecule has 13 heavy (non-hydrogen) atoms. The van der Waals surface area contributed by atoms with Gasteiger partial charge in [-0.15, -0.1) is 0 Å². The summed E-state index contributed by atoms with van der Waals surface area (Å²) in [5.74, 6) is -0.0818. The first-order valence-corrected chi connectivity index (χ1v) is 4.51. The predicted molar refractivity (Wildman–Crippen MR) is 54.8 cm³/mol. The molecule has 0 radical (unpaired) electrons. The number of nitrogen functional groups attached to an aromatic ring is 1. The minimum Gasteiger partial charge on any atom is -0.399 e. The van der Waals surface area contributed by atoms with Crippen molar-refractivity contribution in [2.45, 2.75) is 0 Å². The Labute approximate surface area is 85.0 Å². The highest BCUT2D eigenvalue weighted by atomic mass is 79.9. The second kappa shape index (κ2) is 4.39. The van der Waals surface area contributed by atoms with Gasteiger partial charge in [-0.3, -0.25) is 4.79 Å². The predicted octanol–water partition coefficient (Wildman–Crippen LogP) is 1.86. The average molecular weight is 244 g/mol. The van der Waals surface area contributed by atoms with Crippen LogP contribution in [0.2, 0.25) is 0 Å². The van der Waals surface area contributed by atoms with Crippen LogP contribution in [0.5, 0.6) is 0 Å². The molecular weight excluding hydrogens is 234 g/mol. The summed E-state index contributed by atoms with van der Waals surface area (Å²) in [4.78, 5) is 11.4. The molecule has 0 bridgehead atoms. The van der Waals surface area contributed by atoms with E-state index in [1.807, 2.05) is 0 Å². The molecule has 0 atom stereocenters. The molecule has 0 aromatic heterocycles. The highest BCUT2D eigenvalue weighted by molar-refractivity contribution is 9.10. The van der Waals surface area contributed by atoms with Crippen LogP contribution in [-0.2, 0) is 4.74 Å². The van der Waals surface area contributed by atoms with Gasteiger partial charge in [-0.1, -0.05) is 15.9 Å². The lowest BCUT2D eigenvalue weighted by molar-refractivity contribution is 0.0847. The van der Waals surface area contributed by atoms with E-state index in [1.54, 1.807) is 18.2 Å². The highest BCUT2D eigenvalue weighted by Gasteiger charge is 2.09. The van der Waals surface area contributed by atoms with Gasteiger partial charge >= 0.3 is 0 Å². The monoisotopic (exact) mass is 243 g/mol. The normalized spacial score (nSPS) is 10.0. The second-order valence-electron chi connectivity index (χ2n) is 2.60. The fourth-order valence-electron chi connectivity index (χ4n) is 0.965. The summed E-state index contributed by atoms with van der Waals surface area (Å²) in [6, 6.07) is 5.11. The van der Waals surface area contributed by atoms with Crippen LogP contribution in [-0.4, -0.2) is 19.5 Å². The van der Waals surface area contributed by atoms with E-state index in [0.29, 0.717) is 11.3 Å². The summed E-state index contributed by atoms with van der Waals surface area (Å²) in [5.41, 5.74) is 6.68. The third kappa shape index (κ3) is 2.54. The van der Waals surface area contributed by atoms with Crippen LogP contribution in [0, 0.1) is 0 Å².